The van der Waals surface area contributed by atoms with Crippen LogP contribution in [-0.2, 0) is 4.79 Å². The van der Waals surface area contributed by atoms with Crippen LogP contribution in [0.1, 0.15) is 33.1 Å². The first kappa shape index (κ1) is 13.0. The summed E-state index contributed by atoms with van der Waals surface area (Å²) in [7, 11) is 0. The molecule has 0 saturated carbocycles. The molecular weight excluding hydrogens is 216 g/mol. The van der Waals surface area contributed by atoms with Crippen molar-refractivity contribution in [3.8, 4) is 0 Å². The highest BCUT2D eigenvalue weighted by Crippen LogP contribution is 2.27. The Bertz CT molecular complexity index is 354. The fourth-order valence-corrected chi connectivity index (χ4v) is 2.20. The second kappa shape index (κ2) is 7.29. The van der Waals surface area contributed by atoms with E-state index in [1.165, 1.54) is 0 Å². The second-order valence-corrected chi connectivity index (χ2v) is 4.80. The maximum Gasteiger partial charge on any atom is 0.166 e. The van der Waals surface area contributed by atoms with Gasteiger partial charge in [-0.05, 0) is 25.5 Å². The molecule has 0 aromatic heterocycles. The van der Waals surface area contributed by atoms with Crippen LogP contribution in [0, 0.1) is 0 Å². The third kappa shape index (κ3) is 4.67. The Hall–Kier alpha value is -1.02. The van der Waals surface area contributed by atoms with Crippen LogP contribution >= 0.6 is 11.8 Å². The van der Waals surface area contributed by atoms with Crippen molar-refractivity contribution < 1.29 is 4.79 Å². The Labute approximate surface area is 102 Å². The lowest BCUT2D eigenvalue weighted by Crippen LogP contribution is -1.92. The molecule has 1 aromatic rings. The van der Waals surface area contributed by atoms with Crippen LogP contribution in [0.2, 0.25) is 0 Å². The fourth-order valence-electron chi connectivity index (χ4n) is 1.31. The summed E-state index contributed by atoms with van der Waals surface area (Å²) in [6.45, 7) is 3.79. The number of hydrogen-bond donors (Lipinski definition) is 0. The third-order valence-electron chi connectivity index (χ3n) is 2.21. The van der Waals surface area contributed by atoms with Crippen LogP contribution in [0.3, 0.4) is 0 Å². The van der Waals surface area contributed by atoms with Gasteiger partial charge in [0.05, 0.1) is 4.91 Å². The number of hydrogen-bond acceptors (Lipinski definition) is 2. The Morgan fingerprint density at radius 1 is 1.31 bits per heavy atom. The quantitative estimate of drug-likeness (QED) is 0.411. The summed E-state index contributed by atoms with van der Waals surface area (Å²) in [5.41, 5.74) is 0. The maximum atomic E-state index is 11.5. The summed E-state index contributed by atoms with van der Waals surface area (Å²) in [5, 5.41) is 0. The predicted octanol–water partition coefficient (Wildman–Crippen LogP) is 4.44. The molecule has 0 heterocycles. The van der Waals surface area contributed by atoms with Crippen LogP contribution in [0.25, 0.3) is 0 Å². The van der Waals surface area contributed by atoms with Crippen molar-refractivity contribution in [2.24, 2.45) is 0 Å². The van der Waals surface area contributed by atoms with E-state index in [0.717, 1.165) is 29.1 Å². The number of carbonyl (C=O) groups excluding carboxylic acids is 1. The molecule has 0 atom stereocenters. The van der Waals surface area contributed by atoms with Crippen molar-refractivity contribution in [3.63, 3.8) is 0 Å². The molecule has 86 valence electrons. The topological polar surface area (TPSA) is 17.1 Å². The molecule has 0 aliphatic carbocycles. The minimum absolute atomic E-state index is 0.157. The molecule has 0 radical (unpaired) electrons. The van der Waals surface area contributed by atoms with Gasteiger partial charge in [-0.25, -0.2) is 0 Å². The molecule has 0 fully saturated rings. The van der Waals surface area contributed by atoms with Gasteiger partial charge in [-0.15, -0.1) is 0 Å². The van der Waals surface area contributed by atoms with Gasteiger partial charge >= 0.3 is 0 Å². The molecule has 0 saturated heterocycles. The number of ketones is 1. The molecule has 2 heteroatoms. The first-order valence-corrected chi connectivity index (χ1v) is 6.49. The summed E-state index contributed by atoms with van der Waals surface area (Å²) in [6, 6.07) is 10.0. The van der Waals surface area contributed by atoms with Crippen molar-refractivity contribution in [1.82, 2.24) is 0 Å². The van der Waals surface area contributed by atoms with Crippen molar-refractivity contribution in [3.05, 3.63) is 41.3 Å². The van der Waals surface area contributed by atoms with Crippen LogP contribution < -0.4 is 0 Å². The molecule has 16 heavy (non-hydrogen) atoms. The highest BCUT2D eigenvalue weighted by atomic mass is 32.2. The van der Waals surface area contributed by atoms with Gasteiger partial charge in [0.2, 0.25) is 0 Å². The number of Topliss-reactive ketones (excluding diaryl/α,β-unsaturated/α-hetero) is 1. The van der Waals surface area contributed by atoms with Crippen molar-refractivity contribution in [1.29, 1.82) is 0 Å². The average molecular weight is 234 g/mol. The number of thioether (sulfide) groups is 1. The first-order chi connectivity index (χ1) is 7.74. The van der Waals surface area contributed by atoms with Gasteiger partial charge in [0.15, 0.2) is 5.78 Å². The molecule has 0 unspecified atom stereocenters. The monoisotopic (exact) mass is 234 g/mol. The Balaban J connectivity index is 2.65. The van der Waals surface area contributed by atoms with E-state index in [1.807, 2.05) is 30.3 Å². The minimum Gasteiger partial charge on any atom is -0.294 e. The SMILES string of the molecule is CCCC/C=C(/Sc1ccccc1)C(C)=O. The Kier molecular flexibility index (Phi) is 5.94. The lowest BCUT2D eigenvalue weighted by atomic mass is 10.2. The number of rotatable bonds is 6. The van der Waals surface area contributed by atoms with Gasteiger partial charge in [0.25, 0.3) is 0 Å². The normalized spacial score (nSPS) is 11.5. The molecule has 0 bridgehead atoms. The Morgan fingerprint density at radius 2 is 2.00 bits per heavy atom. The van der Waals surface area contributed by atoms with E-state index in [4.69, 9.17) is 0 Å². The lowest BCUT2D eigenvalue weighted by Gasteiger charge is -2.03. The summed E-state index contributed by atoms with van der Waals surface area (Å²) in [5.74, 6) is 0.157. The summed E-state index contributed by atoms with van der Waals surface area (Å²) in [4.78, 5) is 13.4. The number of unbranched alkanes of at least 4 members (excludes halogenated alkanes) is 2. The molecule has 0 aliphatic heterocycles. The number of carbonyl (C=O) groups is 1. The van der Waals surface area contributed by atoms with Crippen molar-refractivity contribution in [2.75, 3.05) is 0 Å². The zero-order valence-electron chi connectivity index (χ0n) is 9.90. The second-order valence-electron chi connectivity index (χ2n) is 3.68. The van der Waals surface area contributed by atoms with Gasteiger partial charge in [-0.3, -0.25) is 4.79 Å². The highest BCUT2D eigenvalue weighted by Gasteiger charge is 2.05. The van der Waals surface area contributed by atoms with E-state index in [1.54, 1.807) is 18.7 Å². The molecule has 0 N–H and O–H groups in total. The molecule has 0 spiro atoms. The molecule has 0 amide bonds. The van der Waals surface area contributed by atoms with Crippen molar-refractivity contribution >= 4 is 17.5 Å². The third-order valence-corrected chi connectivity index (χ3v) is 3.39. The predicted molar refractivity (Wildman–Crippen MR) is 70.6 cm³/mol. The molecule has 0 aliphatic rings. The molecule has 1 aromatic carbocycles. The van der Waals surface area contributed by atoms with Gasteiger partial charge in [0.1, 0.15) is 0 Å². The highest BCUT2D eigenvalue weighted by molar-refractivity contribution is 8.04. The summed E-state index contributed by atoms with van der Waals surface area (Å²) >= 11 is 1.56. The zero-order chi connectivity index (χ0) is 11.8. The summed E-state index contributed by atoms with van der Waals surface area (Å²) < 4.78 is 0. The number of benzene rings is 1. The van der Waals surface area contributed by atoms with Gasteiger partial charge < -0.3 is 0 Å². The zero-order valence-corrected chi connectivity index (χ0v) is 10.7. The lowest BCUT2D eigenvalue weighted by molar-refractivity contribution is -0.112. The largest absolute Gasteiger partial charge is 0.294 e. The van der Waals surface area contributed by atoms with Crippen LogP contribution in [0.5, 0.6) is 0 Å². The fraction of sp³-hybridized carbons (Fsp3) is 0.357. The number of allylic oxidation sites excluding steroid dienone is 2. The standard InChI is InChI=1S/C14H18OS/c1-3-4-6-11-14(12(2)15)16-13-9-7-5-8-10-13/h5,7-11H,3-4,6H2,1-2H3/b14-11+. The van der Waals surface area contributed by atoms with Gasteiger partial charge in [-0.1, -0.05) is 55.8 Å². The van der Waals surface area contributed by atoms with E-state index >= 15 is 0 Å². The Morgan fingerprint density at radius 3 is 2.56 bits per heavy atom. The molecular formula is C14H18OS. The van der Waals surface area contributed by atoms with E-state index in [9.17, 15) is 4.79 Å². The van der Waals surface area contributed by atoms with Crippen molar-refractivity contribution in [2.45, 2.75) is 38.0 Å². The smallest absolute Gasteiger partial charge is 0.166 e. The van der Waals surface area contributed by atoms with E-state index < -0.39 is 0 Å². The van der Waals surface area contributed by atoms with Crippen LogP contribution in [-0.4, -0.2) is 5.78 Å². The average Bonchev–Trinajstić information content (AvgIpc) is 2.29. The molecule has 1 nitrogen and oxygen atoms in total. The van der Waals surface area contributed by atoms with Crippen LogP contribution in [0.4, 0.5) is 0 Å². The first-order valence-electron chi connectivity index (χ1n) is 5.68. The van der Waals surface area contributed by atoms with E-state index in [0.29, 0.717) is 0 Å². The van der Waals surface area contributed by atoms with E-state index in [-0.39, 0.29) is 5.78 Å². The maximum absolute atomic E-state index is 11.5. The van der Waals surface area contributed by atoms with Gasteiger partial charge in [0, 0.05) is 4.90 Å². The minimum atomic E-state index is 0.157. The summed E-state index contributed by atoms with van der Waals surface area (Å²) in [6.07, 6.45) is 5.36. The van der Waals surface area contributed by atoms with Crippen LogP contribution in [0.15, 0.2) is 46.2 Å². The molecule has 1 rings (SSSR count). The van der Waals surface area contributed by atoms with Gasteiger partial charge in [-0.2, -0.15) is 0 Å². The van der Waals surface area contributed by atoms with E-state index in [2.05, 4.69) is 13.0 Å².